The van der Waals surface area contributed by atoms with Crippen LogP contribution in [0.4, 0.5) is 0 Å². The van der Waals surface area contributed by atoms with Crippen LogP contribution in [0.1, 0.15) is 38.4 Å². The molecule has 2 aromatic rings. The van der Waals surface area contributed by atoms with Gasteiger partial charge in [0.05, 0.1) is 5.69 Å². The standard InChI is InChI=1S/C16H21N3O/c1-10-6-7-14(11(2)8-10)16(20)17-9-15-12(3)18-19(5)13(15)4/h6-8H,9H2,1-5H3,(H,17,20). The van der Waals surface area contributed by atoms with Gasteiger partial charge in [0, 0.05) is 30.4 Å². The fourth-order valence-corrected chi connectivity index (χ4v) is 2.41. The monoisotopic (exact) mass is 271 g/mol. The lowest BCUT2D eigenvalue weighted by molar-refractivity contribution is 0.0950. The minimum absolute atomic E-state index is 0.0369. The van der Waals surface area contributed by atoms with Crippen molar-refractivity contribution in [2.24, 2.45) is 7.05 Å². The van der Waals surface area contributed by atoms with Crippen LogP contribution in [-0.2, 0) is 13.6 Å². The van der Waals surface area contributed by atoms with Crippen LogP contribution in [0.5, 0.6) is 0 Å². The average Bonchev–Trinajstić information content (AvgIpc) is 2.61. The first kappa shape index (κ1) is 14.3. The van der Waals surface area contributed by atoms with Crippen molar-refractivity contribution >= 4 is 5.91 Å². The molecule has 0 aliphatic carbocycles. The van der Waals surface area contributed by atoms with E-state index in [1.165, 1.54) is 0 Å². The molecule has 2 rings (SSSR count). The summed E-state index contributed by atoms with van der Waals surface area (Å²) in [5.74, 6) is -0.0369. The maximum atomic E-state index is 12.2. The van der Waals surface area contributed by atoms with Gasteiger partial charge in [-0.2, -0.15) is 5.10 Å². The molecule has 0 unspecified atom stereocenters. The number of hydrogen-bond donors (Lipinski definition) is 1. The number of nitrogens with one attached hydrogen (secondary N) is 1. The number of benzene rings is 1. The lowest BCUT2D eigenvalue weighted by atomic mass is 10.1. The molecule has 0 spiro atoms. The van der Waals surface area contributed by atoms with Gasteiger partial charge in [0.15, 0.2) is 0 Å². The quantitative estimate of drug-likeness (QED) is 0.932. The van der Waals surface area contributed by atoms with E-state index in [1.807, 2.05) is 57.6 Å². The zero-order valence-electron chi connectivity index (χ0n) is 12.7. The van der Waals surface area contributed by atoms with E-state index in [1.54, 1.807) is 0 Å². The molecular weight excluding hydrogens is 250 g/mol. The van der Waals surface area contributed by atoms with Crippen molar-refractivity contribution in [3.63, 3.8) is 0 Å². The minimum atomic E-state index is -0.0369. The first-order chi connectivity index (χ1) is 9.40. The number of rotatable bonds is 3. The van der Waals surface area contributed by atoms with Crippen LogP contribution in [0.25, 0.3) is 0 Å². The lowest BCUT2D eigenvalue weighted by Gasteiger charge is -2.09. The van der Waals surface area contributed by atoms with Crippen LogP contribution < -0.4 is 5.32 Å². The van der Waals surface area contributed by atoms with Gasteiger partial charge >= 0.3 is 0 Å². The molecule has 1 aromatic heterocycles. The minimum Gasteiger partial charge on any atom is -0.348 e. The van der Waals surface area contributed by atoms with Gasteiger partial charge in [-0.25, -0.2) is 0 Å². The van der Waals surface area contributed by atoms with Crippen molar-refractivity contribution in [3.05, 3.63) is 51.8 Å². The summed E-state index contributed by atoms with van der Waals surface area (Å²) < 4.78 is 1.84. The molecular formula is C16H21N3O. The predicted molar refractivity (Wildman–Crippen MR) is 79.8 cm³/mol. The lowest BCUT2D eigenvalue weighted by Crippen LogP contribution is -2.24. The highest BCUT2D eigenvalue weighted by molar-refractivity contribution is 5.95. The van der Waals surface area contributed by atoms with Crippen molar-refractivity contribution in [1.29, 1.82) is 0 Å². The average molecular weight is 271 g/mol. The summed E-state index contributed by atoms with van der Waals surface area (Å²) in [5.41, 5.74) is 6.04. The van der Waals surface area contributed by atoms with Crippen LogP contribution in [0.3, 0.4) is 0 Å². The molecule has 4 heteroatoms. The molecule has 20 heavy (non-hydrogen) atoms. The number of carbonyl (C=O) groups is 1. The Morgan fingerprint density at radius 1 is 1.25 bits per heavy atom. The summed E-state index contributed by atoms with van der Waals surface area (Å²) in [6, 6.07) is 5.86. The second-order valence-electron chi connectivity index (χ2n) is 5.27. The Balaban J connectivity index is 2.12. The largest absolute Gasteiger partial charge is 0.348 e. The second-order valence-corrected chi connectivity index (χ2v) is 5.27. The van der Waals surface area contributed by atoms with Gasteiger partial charge in [0.2, 0.25) is 0 Å². The fourth-order valence-electron chi connectivity index (χ4n) is 2.41. The second kappa shape index (κ2) is 5.49. The number of nitrogens with zero attached hydrogens (tertiary/aromatic N) is 2. The molecule has 4 nitrogen and oxygen atoms in total. The summed E-state index contributed by atoms with van der Waals surface area (Å²) in [6.07, 6.45) is 0. The smallest absolute Gasteiger partial charge is 0.251 e. The van der Waals surface area contributed by atoms with Crippen molar-refractivity contribution in [3.8, 4) is 0 Å². The highest BCUT2D eigenvalue weighted by Gasteiger charge is 2.12. The van der Waals surface area contributed by atoms with Crippen LogP contribution in [0.15, 0.2) is 18.2 Å². The Morgan fingerprint density at radius 2 is 1.95 bits per heavy atom. The molecule has 0 saturated carbocycles. The third-order valence-corrected chi connectivity index (χ3v) is 3.71. The zero-order valence-corrected chi connectivity index (χ0v) is 12.7. The number of amides is 1. The first-order valence-electron chi connectivity index (χ1n) is 6.74. The van der Waals surface area contributed by atoms with E-state index in [2.05, 4.69) is 10.4 Å². The van der Waals surface area contributed by atoms with Gasteiger partial charge in [-0.3, -0.25) is 9.48 Å². The molecule has 0 bridgehead atoms. The van der Waals surface area contributed by atoms with Gasteiger partial charge in [-0.1, -0.05) is 17.7 Å². The summed E-state index contributed by atoms with van der Waals surface area (Å²) in [4.78, 5) is 12.2. The maximum Gasteiger partial charge on any atom is 0.251 e. The fraction of sp³-hybridized carbons (Fsp3) is 0.375. The predicted octanol–water partition coefficient (Wildman–Crippen LogP) is 2.58. The van der Waals surface area contributed by atoms with Crippen molar-refractivity contribution in [2.45, 2.75) is 34.2 Å². The molecule has 1 heterocycles. The number of aryl methyl sites for hydroxylation is 4. The SMILES string of the molecule is Cc1ccc(C(=O)NCc2c(C)nn(C)c2C)c(C)c1. The van der Waals surface area contributed by atoms with Crippen LogP contribution >= 0.6 is 0 Å². The first-order valence-corrected chi connectivity index (χ1v) is 6.74. The highest BCUT2D eigenvalue weighted by Crippen LogP contribution is 2.13. The third-order valence-electron chi connectivity index (χ3n) is 3.71. The van der Waals surface area contributed by atoms with E-state index >= 15 is 0 Å². The van der Waals surface area contributed by atoms with Crippen molar-refractivity contribution < 1.29 is 4.79 Å². The highest BCUT2D eigenvalue weighted by atomic mass is 16.1. The third kappa shape index (κ3) is 2.74. The Hall–Kier alpha value is -2.10. The van der Waals surface area contributed by atoms with Crippen molar-refractivity contribution in [1.82, 2.24) is 15.1 Å². The molecule has 0 saturated heterocycles. The molecule has 0 aliphatic heterocycles. The Morgan fingerprint density at radius 3 is 2.50 bits per heavy atom. The molecule has 1 N–H and O–H groups in total. The van der Waals surface area contributed by atoms with E-state index in [4.69, 9.17) is 0 Å². The van der Waals surface area contributed by atoms with E-state index < -0.39 is 0 Å². The van der Waals surface area contributed by atoms with E-state index in [0.717, 1.165) is 33.6 Å². The summed E-state index contributed by atoms with van der Waals surface area (Å²) in [5, 5.41) is 7.33. The topological polar surface area (TPSA) is 46.9 Å². The molecule has 0 atom stereocenters. The molecule has 1 amide bonds. The number of aromatic nitrogens is 2. The van der Waals surface area contributed by atoms with Gasteiger partial charge in [0.25, 0.3) is 5.91 Å². The van der Waals surface area contributed by atoms with Crippen molar-refractivity contribution in [2.75, 3.05) is 0 Å². The molecule has 106 valence electrons. The van der Waals surface area contributed by atoms with Crippen LogP contribution in [0, 0.1) is 27.7 Å². The van der Waals surface area contributed by atoms with Crippen LogP contribution in [-0.4, -0.2) is 15.7 Å². The number of carbonyl (C=O) groups excluding carboxylic acids is 1. The van der Waals surface area contributed by atoms with Gasteiger partial charge in [0.1, 0.15) is 0 Å². The summed E-state index contributed by atoms with van der Waals surface area (Å²) in [6.45, 7) is 8.47. The number of hydrogen-bond acceptors (Lipinski definition) is 2. The Kier molecular flexibility index (Phi) is 3.93. The Bertz CT molecular complexity index is 656. The summed E-state index contributed by atoms with van der Waals surface area (Å²) in [7, 11) is 1.91. The van der Waals surface area contributed by atoms with Gasteiger partial charge in [-0.15, -0.1) is 0 Å². The van der Waals surface area contributed by atoms with Gasteiger partial charge in [-0.05, 0) is 39.3 Å². The maximum absolute atomic E-state index is 12.2. The van der Waals surface area contributed by atoms with E-state index in [-0.39, 0.29) is 5.91 Å². The van der Waals surface area contributed by atoms with Gasteiger partial charge < -0.3 is 5.32 Å². The Labute approximate surface area is 119 Å². The summed E-state index contributed by atoms with van der Waals surface area (Å²) >= 11 is 0. The van der Waals surface area contributed by atoms with E-state index in [9.17, 15) is 4.79 Å². The van der Waals surface area contributed by atoms with Crippen LogP contribution in [0.2, 0.25) is 0 Å². The zero-order chi connectivity index (χ0) is 14.9. The molecule has 0 aliphatic rings. The normalized spacial score (nSPS) is 10.7. The van der Waals surface area contributed by atoms with E-state index in [0.29, 0.717) is 6.54 Å². The molecule has 0 fully saturated rings. The molecule has 0 radical (unpaired) electrons. The molecule has 1 aromatic carbocycles.